The number of rotatable bonds is 3. The van der Waals surface area contributed by atoms with Gasteiger partial charge < -0.3 is 15.6 Å². The minimum absolute atomic E-state index is 0.155. The van der Waals surface area contributed by atoms with Crippen LogP contribution < -0.4 is 10.5 Å². The van der Waals surface area contributed by atoms with Crippen molar-refractivity contribution < 1.29 is 27.4 Å². The van der Waals surface area contributed by atoms with E-state index in [-0.39, 0.29) is 11.3 Å². The van der Waals surface area contributed by atoms with Crippen LogP contribution in [0.3, 0.4) is 0 Å². The summed E-state index contributed by atoms with van der Waals surface area (Å²) in [4.78, 5) is 0. The molecule has 118 valence electrons. The van der Waals surface area contributed by atoms with Gasteiger partial charge in [-0.1, -0.05) is 18.2 Å². The third kappa shape index (κ3) is 3.67. The fraction of sp³-hybridized carbons (Fsp3) is 0.200. The first-order valence-corrected chi connectivity index (χ1v) is 6.27. The predicted molar refractivity (Wildman–Crippen MR) is 72.0 cm³/mol. The van der Waals surface area contributed by atoms with Crippen LogP contribution >= 0.6 is 0 Å². The first-order chi connectivity index (χ1) is 10.2. The first kappa shape index (κ1) is 16.1. The number of halogens is 4. The molecule has 0 fully saturated rings. The van der Waals surface area contributed by atoms with E-state index in [1.807, 2.05) is 0 Å². The van der Waals surface area contributed by atoms with E-state index in [1.165, 1.54) is 18.2 Å². The lowest BCUT2D eigenvalue weighted by molar-refractivity contribution is -0.274. The van der Waals surface area contributed by atoms with Gasteiger partial charge in [0, 0.05) is 5.56 Å². The van der Waals surface area contributed by atoms with Gasteiger partial charge in [-0.05, 0) is 36.2 Å². The van der Waals surface area contributed by atoms with Crippen LogP contribution in [0.4, 0.5) is 17.6 Å². The molecule has 0 heterocycles. The molecular weight excluding hydrogens is 302 g/mol. The van der Waals surface area contributed by atoms with Gasteiger partial charge in [0.25, 0.3) is 0 Å². The number of benzene rings is 2. The zero-order chi connectivity index (χ0) is 16.5. The Bertz CT molecular complexity index is 668. The van der Waals surface area contributed by atoms with Crippen LogP contribution in [0.5, 0.6) is 11.5 Å². The van der Waals surface area contributed by atoms with Crippen LogP contribution in [0.2, 0.25) is 0 Å². The maximum atomic E-state index is 13.5. The number of phenolic OH excluding ortho intramolecular Hbond substituents is 1. The average Bonchev–Trinajstić information content (AvgIpc) is 2.41. The van der Waals surface area contributed by atoms with Crippen molar-refractivity contribution >= 4 is 0 Å². The fourth-order valence-corrected chi connectivity index (χ4v) is 2.05. The lowest BCUT2D eigenvalue weighted by Crippen LogP contribution is -2.17. The van der Waals surface area contributed by atoms with Gasteiger partial charge in [0.15, 0.2) is 11.6 Å². The highest BCUT2D eigenvalue weighted by atomic mass is 19.4. The summed E-state index contributed by atoms with van der Waals surface area (Å²) in [5.74, 6) is -1.76. The molecule has 0 radical (unpaired) electrons. The fourth-order valence-electron chi connectivity index (χ4n) is 2.05. The van der Waals surface area contributed by atoms with Crippen molar-refractivity contribution in [2.45, 2.75) is 19.3 Å². The minimum atomic E-state index is -4.78. The molecule has 0 amide bonds. The van der Waals surface area contributed by atoms with Crippen molar-refractivity contribution in [3.8, 4) is 11.5 Å². The Labute approximate surface area is 123 Å². The standard InChI is InChI=1S/C15H13F4NO2/c1-8-6-11(14(21)12(16)7-8)13(20)9-2-4-10(5-3-9)22-15(17,18)19/h2-7,13,21H,20H2,1H3/t13-/m0/s1. The molecular formula is C15H13F4NO2. The van der Waals surface area contributed by atoms with Crippen LogP contribution in [0.25, 0.3) is 0 Å². The topological polar surface area (TPSA) is 55.5 Å². The Kier molecular flexibility index (Phi) is 4.27. The second-order valence-corrected chi connectivity index (χ2v) is 4.78. The summed E-state index contributed by atoms with van der Waals surface area (Å²) in [6.07, 6.45) is -4.78. The van der Waals surface area contributed by atoms with Gasteiger partial charge >= 0.3 is 6.36 Å². The molecule has 1 atom stereocenters. The summed E-state index contributed by atoms with van der Waals surface area (Å²) in [7, 11) is 0. The molecule has 2 aromatic carbocycles. The van der Waals surface area contributed by atoms with Crippen molar-refractivity contribution in [3.63, 3.8) is 0 Å². The van der Waals surface area contributed by atoms with E-state index in [9.17, 15) is 22.7 Å². The minimum Gasteiger partial charge on any atom is -0.505 e. The SMILES string of the molecule is Cc1cc(F)c(O)c([C@@H](N)c2ccc(OC(F)(F)F)cc2)c1. The summed E-state index contributed by atoms with van der Waals surface area (Å²) in [6.45, 7) is 1.64. The molecule has 0 aliphatic heterocycles. The van der Waals surface area contributed by atoms with Gasteiger partial charge in [0.05, 0.1) is 6.04 Å². The zero-order valence-corrected chi connectivity index (χ0v) is 11.5. The van der Waals surface area contributed by atoms with Crippen LogP contribution in [0.15, 0.2) is 36.4 Å². The highest BCUT2D eigenvalue weighted by Crippen LogP contribution is 2.32. The summed E-state index contributed by atoms with van der Waals surface area (Å²) in [5, 5.41) is 9.73. The van der Waals surface area contributed by atoms with Gasteiger partial charge in [-0.15, -0.1) is 13.2 Å². The van der Waals surface area contributed by atoms with E-state index in [4.69, 9.17) is 5.73 Å². The van der Waals surface area contributed by atoms with Gasteiger partial charge in [-0.2, -0.15) is 0 Å². The molecule has 0 aliphatic rings. The molecule has 3 nitrogen and oxygen atoms in total. The van der Waals surface area contributed by atoms with Crippen LogP contribution in [-0.2, 0) is 0 Å². The van der Waals surface area contributed by atoms with Crippen molar-refractivity contribution in [3.05, 3.63) is 58.9 Å². The highest BCUT2D eigenvalue weighted by molar-refractivity contribution is 5.44. The molecule has 7 heteroatoms. The Hall–Kier alpha value is -2.28. The van der Waals surface area contributed by atoms with Crippen molar-refractivity contribution in [2.75, 3.05) is 0 Å². The molecule has 0 saturated heterocycles. The van der Waals surface area contributed by atoms with Crippen LogP contribution in [0, 0.1) is 12.7 Å². The van der Waals surface area contributed by atoms with Crippen LogP contribution in [0.1, 0.15) is 22.7 Å². The molecule has 2 aromatic rings. The zero-order valence-electron chi connectivity index (χ0n) is 11.5. The Balaban J connectivity index is 2.29. The number of aryl methyl sites for hydroxylation is 1. The molecule has 0 saturated carbocycles. The van der Waals surface area contributed by atoms with E-state index < -0.39 is 24.0 Å². The second kappa shape index (κ2) is 5.84. The summed E-state index contributed by atoms with van der Waals surface area (Å²) in [5.41, 5.74) is 7.08. The van der Waals surface area contributed by atoms with Crippen LogP contribution in [-0.4, -0.2) is 11.5 Å². The van der Waals surface area contributed by atoms with E-state index in [1.54, 1.807) is 6.92 Å². The molecule has 3 N–H and O–H groups in total. The number of phenols is 1. The van der Waals surface area contributed by atoms with E-state index >= 15 is 0 Å². The molecule has 0 aromatic heterocycles. The molecule has 22 heavy (non-hydrogen) atoms. The van der Waals surface area contributed by atoms with E-state index in [2.05, 4.69) is 4.74 Å². The summed E-state index contributed by atoms with van der Waals surface area (Å²) in [6, 6.07) is 6.65. The second-order valence-electron chi connectivity index (χ2n) is 4.78. The number of ether oxygens (including phenoxy) is 1. The average molecular weight is 315 g/mol. The monoisotopic (exact) mass is 315 g/mol. The first-order valence-electron chi connectivity index (χ1n) is 6.27. The predicted octanol–water partition coefficient (Wildman–Crippen LogP) is 3.79. The maximum absolute atomic E-state index is 13.5. The van der Waals surface area contributed by atoms with Gasteiger partial charge in [0.2, 0.25) is 0 Å². The van der Waals surface area contributed by atoms with E-state index in [0.29, 0.717) is 11.1 Å². The number of hydrogen-bond acceptors (Lipinski definition) is 3. The van der Waals surface area contributed by atoms with Gasteiger partial charge in [-0.25, -0.2) is 4.39 Å². The molecule has 2 rings (SSSR count). The third-order valence-corrected chi connectivity index (χ3v) is 3.05. The molecule has 0 bridgehead atoms. The van der Waals surface area contributed by atoms with Crippen molar-refractivity contribution in [1.82, 2.24) is 0 Å². The third-order valence-electron chi connectivity index (χ3n) is 3.05. The normalized spacial score (nSPS) is 13.0. The number of alkyl halides is 3. The Morgan fingerprint density at radius 3 is 2.27 bits per heavy atom. The number of hydrogen-bond donors (Lipinski definition) is 2. The number of nitrogens with two attached hydrogens (primary N) is 1. The van der Waals surface area contributed by atoms with Gasteiger partial charge in [-0.3, -0.25) is 0 Å². The molecule has 0 aliphatic carbocycles. The smallest absolute Gasteiger partial charge is 0.505 e. The van der Waals surface area contributed by atoms with Crippen molar-refractivity contribution in [1.29, 1.82) is 0 Å². The Morgan fingerprint density at radius 2 is 1.73 bits per heavy atom. The maximum Gasteiger partial charge on any atom is 0.573 e. The lowest BCUT2D eigenvalue weighted by atomic mass is 9.97. The van der Waals surface area contributed by atoms with Gasteiger partial charge in [0.1, 0.15) is 5.75 Å². The summed E-state index contributed by atoms with van der Waals surface area (Å²) < 4.78 is 53.5. The van der Waals surface area contributed by atoms with Crippen molar-refractivity contribution in [2.24, 2.45) is 5.73 Å². The quantitative estimate of drug-likeness (QED) is 0.847. The lowest BCUT2D eigenvalue weighted by Gasteiger charge is -2.16. The Morgan fingerprint density at radius 1 is 1.14 bits per heavy atom. The van der Waals surface area contributed by atoms with E-state index in [0.717, 1.165) is 18.2 Å². The summed E-state index contributed by atoms with van der Waals surface area (Å²) >= 11 is 0. The number of aromatic hydroxyl groups is 1. The largest absolute Gasteiger partial charge is 0.573 e. The highest BCUT2D eigenvalue weighted by Gasteiger charge is 2.31. The molecule has 0 unspecified atom stereocenters. The molecule has 0 spiro atoms.